The average Bonchev–Trinajstić information content (AvgIpc) is 3.13. The van der Waals surface area contributed by atoms with Crippen molar-refractivity contribution in [3.8, 4) is 0 Å². The van der Waals surface area contributed by atoms with E-state index < -0.39 is 28.1 Å². The molecule has 230 valence electrons. The summed E-state index contributed by atoms with van der Waals surface area (Å²) in [6, 6.07) is 11.3. The topological polar surface area (TPSA) is 142 Å². The monoisotopic (exact) mass is 612 g/mol. The second-order valence-electron chi connectivity index (χ2n) is 9.97. The maximum absolute atomic E-state index is 12.8. The number of rotatable bonds is 10. The molecule has 1 aromatic heterocycles. The SMILES string of the molecule is Cc1nn(C)c(C)c1CCCN(C)c1ccc(NS(=O)(=O)c2ccc(C(C)C)cc2)cc1C(=O)O.O=C(O)C(F)(F)F. The van der Waals surface area contributed by atoms with Crippen LogP contribution in [0.4, 0.5) is 24.5 Å². The van der Waals surface area contributed by atoms with Crippen LogP contribution in [0.2, 0.25) is 0 Å². The highest BCUT2D eigenvalue weighted by molar-refractivity contribution is 7.92. The lowest BCUT2D eigenvalue weighted by Gasteiger charge is -2.22. The molecule has 2 aromatic carbocycles. The maximum Gasteiger partial charge on any atom is 0.490 e. The molecule has 0 radical (unpaired) electrons. The molecule has 0 spiro atoms. The number of aliphatic carboxylic acids is 1. The molecule has 0 amide bonds. The van der Waals surface area contributed by atoms with E-state index in [0.29, 0.717) is 18.2 Å². The van der Waals surface area contributed by atoms with Gasteiger partial charge in [0.1, 0.15) is 0 Å². The molecule has 3 N–H and O–H groups in total. The minimum absolute atomic E-state index is 0.0385. The number of aryl methyl sites for hydroxylation is 2. The molecule has 3 rings (SSSR count). The van der Waals surface area contributed by atoms with Crippen LogP contribution >= 0.6 is 0 Å². The van der Waals surface area contributed by atoms with Crippen molar-refractivity contribution in [1.29, 1.82) is 0 Å². The summed E-state index contributed by atoms with van der Waals surface area (Å²) < 4.78 is 61.8. The third-order valence-electron chi connectivity index (χ3n) is 6.57. The first-order valence-corrected chi connectivity index (χ1v) is 14.3. The number of sulfonamides is 1. The second kappa shape index (κ2) is 13.7. The Bertz CT molecular complexity index is 1520. The number of nitrogens with one attached hydrogen (secondary N) is 1. The van der Waals surface area contributed by atoms with Crippen molar-refractivity contribution in [3.05, 3.63) is 70.5 Å². The third kappa shape index (κ3) is 8.96. The Hall–Kier alpha value is -4.07. The maximum atomic E-state index is 12.8. The number of alkyl halides is 3. The number of benzene rings is 2. The zero-order chi connectivity index (χ0) is 32.0. The first-order chi connectivity index (χ1) is 19.3. The lowest BCUT2D eigenvalue weighted by atomic mass is 10.0. The van der Waals surface area contributed by atoms with Gasteiger partial charge in [-0.25, -0.2) is 18.0 Å². The second-order valence-corrected chi connectivity index (χ2v) is 11.6. The summed E-state index contributed by atoms with van der Waals surface area (Å²) in [5.41, 5.74) is 5.16. The quantitative estimate of drug-likeness (QED) is 0.278. The Kier molecular flexibility index (Phi) is 11.2. The van der Waals surface area contributed by atoms with E-state index in [1.54, 1.807) is 36.4 Å². The highest BCUT2D eigenvalue weighted by Crippen LogP contribution is 2.27. The Morgan fingerprint density at radius 1 is 1.07 bits per heavy atom. The van der Waals surface area contributed by atoms with Crippen LogP contribution < -0.4 is 9.62 Å². The number of aromatic carboxylic acids is 1. The highest BCUT2D eigenvalue weighted by atomic mass is 32.2. The van der Waals surface area contributed by atoms with Crippen molar-refractivity contribution in [3.63, 3.8) is 0 Å². The van der Waals surface area contributed by atoms with Crippen LogP contribution in [-0.4, -0.2) is 60.1 Å². The summed E-state index contributed by atoms with van der Waals surface area (Å²) in [7, 11) is -0.0845. The molecule has 0 fully saturated rings. The number of aromatic nitrogens is 2. The van der Waals surface area contributed by atoms with Gasteiger partial charge in [0.25, 0.3) is 10.0 Å². The third-order valence-corrected chi connectivity index (χ3v) is 7.97. The van der Waals surface area contributed by atoms with Crippen LogP contribution in [0.25, 0.3) is 0 Å². The summed E-state index contributed by atoms with van der Waals surface area (Å²) in [5, 5.41) is 21.4. The van der Waals surface area contributed by atoms with Gasteiger partial charge in [0, 0.05) is 32.0 Å². The van der Waals surface area contributed by atoms with Crippen LogP contribution in [-0.2, 0) is 28.3 Å². The molecule has 14 heteroatoms. The molecule has 1 heterocycles. The molecule has 10 nitrogen and oxygen atoms in total. The van der Waals surface area contributed by atoms with Crippen molar-refractivity contribution in [2.75, 3.05) is 23.2 Å². The minimum Gasteiger partial charge on any atom is -0.478 e. The van der Waals surface area contributed by atoms with Crippen LogP contribution in [0.3, 0.4) is 0 Å². The summed E-state index contributed by atoms with van der Waals surface area (Å²) in [6.45, 7) is 8.75. The standard InChI is InChI=1S/C26H34N4O4S.C2HF3O2/c1-17(2)20-9-12-22(13-10-20)35(33,34)28-21-11-14-25(24(16-21)26(31)32)29(5)15-7-8-23-18(3)27-30(6)19(23)4;3-2(4,5)1(6)7/h9-14,16-17,28H,7-8,15H2,1-6H3,(H,31,32);(H,6,7). The van der Waals surface area contributed by atoms with Crippen molar-refractivity contribution in [2.24, 2.45) is 7.05 Å². The molecular formula is C28H35F3N4O6S. The number of anilines is 2. The fourth-order valence-corrected chi connectivity index (χ4v) is 5.19. The van der Waals surface area contributed by atoms with Crippen molar-refractivity contribution < 1.29 is 41.4 Å². The number of halogens is 3. The van der Waals surface area contributed by atoms with Crippen LogP contribution in [0.5, 0.6) is 0 Å². The van der Waals surface area contributed by atoms with Gasteiger partial charge in [-0.05, 0) is 74.1 Å². The van der Waals surface area contributed by atoms with E-state index in [4.69, 9.17) is 9.90 Å². The molecule has 0 aliphatic rings. The summed E-state index contributed by atoms with van der Waals surface area (Å²) in [5.74, 6) is -3.58. The summed E-state index contributed by atoms with van der Waals surface area (Å²) >= 11 is 0. The smallest absolute Gasteiger partial charge is 0.478 e. The number of carboxylic acids is 2. The molecule has 0 saturated carbocycles. The Labute approximate surface area is 242 Å². The van der Waals surface area contributed by atoms with Gasteiger partial charge in [0.05, 0.1) is 21.8 Å². The van der Waals surface area contributed by atoms with Gasteiger partial charge < -0.3 is 15.1 Å². The van der Waals surface area contributed by atoms with E-state index in [1.165, 1.54) is 11.6 Å². The Balaban J connectivity index is 0.000000782. The molecule has 42 heavy (non-hydrogen) atoms. The minimum atomic E-state index is -5.08. The number of nitrogens with zero attached hydrogens (tertiary/aromatic N) is 3. The van der Waals surface area contributed by atoms with E-state index in [1.807, 2.05) is 51.4 Å². The fraction of sp³-hybridized carbons (Fsp3) is 0.393. The van der Waals surface area contributed by atoms with Gasteiger partial charge in [0.15, 0.2) is 0 Å². The lowest BCUT2D eigenvalue weighted by Crippen LogP contribution is -2.22. The molecular weight excluding hydrogens is 577 g/mol. The van der Waals surface area contributed by atoms with Gasteiger partial charge in [-0.1, -0.05) is 26.0 Å². The Morgan fingerprint density at radius 2 is 1.64 bits per heavy atom. The van der Waals surface area contributed by atoms with Crippen LogP contribution in [0, 0.1) is 13.8 Å². The van der Waals surface area contributed by atoms with E-state index in [-0.39, 0.29) is 16.1 Å². The highest BCUT2D eigenvalue weighted by Gasteiger charge is 2.38. The largest absolute Gasteiger partial charge is 0.490 e. The number of hydrogen-bond acceptors (Lipinski definition) is 6. The van der Waals surface area contributed by atoms with Crippen molar-refractivity contribution >= 4 is 33.3 Å². The van der Waals surface area contributed by atoms with Crippen LogP contribution in [0.15, 0.2) is 47.4 Å². The van der Waals surface area contributed by atoms with Crippen molar-refractivity contribution in [1.82, 2.24) is 9.78 Å². The zero-order valence-corrected chi connectivity index (χ0v) is 25.0. The lowest BCUT2D eigenvalue weighted by molar-refractivity contribution is -0.192. The van der Waals surface area contributed by atoms with E-state index >= 15 is 0 Å². The molecule has 0 aliphatic heterocycles. The van der Waals surface area contributed by atoms with Gasteiger partial charge in [-0.2, -0.15) is 18.3 Å². The summed E-state index contributed by atoms with van der Waals surface area (Å²) in [6.07, 6.45) is -3.42. The number of hydrogen-bond donors (Lipinski definition) is 3. The Morgan fingerprint density at radius 3 is 2.10 bits per heavy atom. The number of carbonyl (C=O) groups is 2. The summed E-state index contributed by atoms with van der Waals surface area (Å²) in [4.78, 5) is 22.9. The van der Waals surface area contributed by atoms with Gasteiger partial charge in [-0.15, -0.1) is 0 Å². The normalized spacial score (nSPS) is 11.6. The zero-order valence-electron chi connectivity index (χ0n) is 24.2. The average molecular weight is 613 g/mol. The first-order valence-electron chi connectivity index (χ1n) is 12.9. The molecule has 0 unspecified atom stereocenters. The van der Waals surface area contributed by atoms with Crippen LogP contribution in [0.1, 0.15) is 59.1 Å². The molecule has 0 bridgehead atoms. The predicted molar refractivity (Wildman–Crippen MR) is 153 cm³/mol. The molecule has 0 atom stereocenters. The van der Waals surface area contributed by atoms with E-state index in [2.05, 4.69) is 9.82 Å². The first kappa shape index (κ1) is 34.1. The van der Waals surface area contributed by atoms with Gasteiger partial charge in [0.2, 0.25) is 0 Å². The van der Waals surface area contributed by atoms with E-state index in [9.17, 15) is 31.5 Å². The van der Waals surface area contributed by atoms with Gasteiger partial charge >= 0.3 is 18.1 Å². The van der Waals surface area contributed by atoms with Crippen molar-refractivity contribution in [2.45, 2.75) is 57.5 Å². The number of carboxylic acid groups (broad SMARTS) is 2. The molecule has 0 aliphatic carbocycles. The van der Waals surface area contributed by atoms with E-state index in [0.717, 1.165) is 29.8 Å². The fourth-order valence-electron chi connectivity index (χ4n) is 4.14. The van der Waals surface area contributed by atoms with Gasteiger partial charge in [-0.3, -0.25) is 9.40 Å². The predicted octanol–water partition coefficient (Wildman–Crippen LogP) is 5.36. The molecule has 0 saturated heterocycles. The molecule has 3 aromatic rings.